The lowest BCUT2D eigenvalue weighted by atomic mass is 10.2. The molecule has 0 fully saturated rings. The van der Waals surface area contributed by atoms with Crippen LogP contribution in [0, 0.1) is 0 Å². The van der Waals surface area contributed by atoms with Crippen molar-refractivity contribution in [1.82, 2.24) is 4.98 Å². The van der Waals surface area contributed by atoms with E-state index in [2.05, 4.69) is 10.3 Å². The average Bonchev–Trinajstić information content (AvgIpc) is 2.39. The SMILES string of the molecule is COc1ccc(Nc2ccnc(N)c2)c(OC)c1. The second-order valence-electron chi connectivity index (χ2n) is 3.66. The zero-order valence-electron chi connectivity index (χ0n) is 10.3. The third-order valence-electron chi connectivity index (χ3n) is 2.47. The highest BCUT2D eigenvalue weighted by Crippen LogP contribution is 2.31. The van der Waals surface area contributed by atoms with E-state index in [1.54, 1.807) is 26.5 Å². The maximum absolute atomic E-state index is 5.63. The van der Waals surface area contributed by atoms with Crippen LogP contribution in [0.4, 0.5) is 17.2 Å². The molecule has 0 atom stereocenters. The van der Waals surface area contributed by atoms with Crippen molar-refractivity contribution in [2.24, 2.45) is 0 Å². The standard InChI is InChI=1S/C13H15N3O2/c1-17-10-3-4-11(12(8-10)18-2)16-9-5-6-15-13(14)7-9/h3-8H,1-2H3,(H3,14,15,16). The molecule has 0 bridgehead atoms. The molecule has 0 spiro atoms. The van der Waals surface area contributed by atoms with Crippen LogP contribution in [0.15, 0.2) is 36.5 Å². The molecular formula is C13H15N3O2. The van der Waals surface area contributed by atoms with Gasteiger partial charge in [0.25, 0.3) is 0 Å². The molecule has 0 unspecified atom stereocenters. The molecule has 18 heavy (non-hydrogen) atoms. The third kappa shape index (κ3) is 2.63. The van der Waals surface area contributed by atoms with Crippen LogP contribution >= 0.6 is 0 Å². The minimum Gasteiger partial charge on any atom is -0.497 e. The molecule has 1 heterocycles. The maximum Gasteiger partial charge on any atom is 0.145 e. The normalized spacial score (nSPS) is 9.89. The zero-order chi connectivity index (χ0) is 13.0. The fourth-order valence-corrected chi connectivity index (χ4v) is 1.58. The van der Waals surface area contributed by atoms with E-state index in [4.69, 9.17) is 15.2 Å². The van der Waals surface area contributed by atoms with Crippen LogP contribution in [0.1, 0.15) is 0 Å². The molecular weight excluding hydrogens is 230 g/mol. The van der Waals surface area contributed by atoms with Gasteiger partial charge in [-0.05, 0) is 18.2 Å². The molecule has 3 N–H and O–H groups in total. The lowest BCUT2D eigenvalue weighted by molar-refractivity contribution is 0.395. The number of nitrogens with one attached hydrogen (secondary N) is 1. The fraction of sp³-hybridized carbons (Fsp3) is 0.154. The maximum atomic E-state index is 5.63. The summed E-state index contributed by atoms with van der Waals surface area (Å²) in [6, 6.07) is 9.14. The predicted molar refractivity (Wildman–Crippen MR) is 71.5 cm³/mol. The van der Waals surface area contributed by atoms with Crippen LogP contribution in [0.25, 0.3) is 0 Å². The Morgan fingerprint density at radius 1 is 1.11 bits per heavy atom. The van der Waals surface area contributed by atoms with Gasteiger partial charge >= 0.3 is 0 Å². The summed E-state index contributed by atoms with van der Waals surface area (Å²) in [4.78, 5) is 3.94. The lowest BCUT2D eigenvalue weighted by Gasteiger charge is -2.12. The Bertz CT molecular complexity index is 544. The van der Waals surface area contributed by atoms with E-state index in [0.29, 0.717) is 11.6 Å². The Balaban J connectivity index is 2.28. The van der Waals surface area contributed by atoms with Gasteiger partial charge in [0, 0.05) is 24.0 Å². The first-order chi connectivity index (χ1) is 8.72. The third-order valence-corrected chi connectivity index (χ3v) is 2.47. The van der Waals surface area contributed by atoms with Gasteiger partial charge in [-0.1, -0.05) is 0 Å². The molecule has 0 aliphatic rings. The van der Waals surface area contributed by atoms with Gasteiger partial charge in [-0.2, -0.15) is 0 Å². The topological polar surface area (TPSA) is 69.4 Å². The van der Waals surface area contributed by atoms with E-state index in [1.165, 1.54) is 0 Å². The summed E-state index contributed by atoms with van der Waals surface area (Å²) in [5.41, 5.74) is 7.32. The van der Waals surface area contributed by atoms with Gasteiger partial charge in [0.15, 0.2) is 0 Å². The van der Waals surface area contributed by atoms with Crippen molar-refractivity contribution >= 4 is 17.2 Å². The second kappa shape index (κ2) is 5.27. The van der Waals surface area contributed by atoms with Crippen molar-refractivity contribution in [3.05, 3.63) is 36.5 Å². The molecule has 0 saturated carbocycles. The summed E-state index contributed by atoms with van der Waals surface area (Å²) >= 11 is 0. The van der Waals surface area contributed by atoms with Crippen LogP contribution in [0.2, 0.25) is 0 Å². The minimum atomic E-state index is 0.465. The first-order valence-corrected chi connectivity index (χ1v) is 5.43. The summed E-state index contributed by atoms with van der Waals surface area (Å²) in [5, 5.41) is 3.22. The number of aromatic nitrogens is 1. The predicted octanol–water partition coefficient (Wildman–Crippen LogP) is 2.42. The average molecular weight is 245 g/mol. The van der Waals surface area contributed by atoms with Gasteiger partial charge in [0.05, 0.1) is 19.9 Å². The monoisotopic (exact) mass is 245 g/mol. The van der Waals surface area contributed by atoms with E-state index in [1.807, 2.05) is 24.3 Å². The minimum absolute atomic E-state index is 0.465. The molecule has 0 aliphatic carbocycles. The Labute approximate surface area is 106 Å². The first kappa shape index (κ1) is 12.0. The highest BCUT2D eigenvalue weighted by atomic mass is 16.5. The van der Waals surface area contributed by atoms with Gasteiger partial charge in [-0.15, -0.1) is 0 Å². The molecule has 0 radical (unpaired) electrons. The number of nitrogens with zero attached hydrogens (tertiary/aromatic N) is 1. The van der Waals surface area contributed by atoms with E-state index >= 15 is 0 Å². The number of benzene rings is 1. The fourth-order valence-electron chi connectivity index (χ4n) is 1.58. The Morgan fingerprint density at radius 3 is 2.61 bits per heavy atom. The molecule has 5 nitrogen and oxygen atoms in total. The van der Waals surface area contributed by atoms with E-state index in [0.717, 1.165) is 17.1 Å². The molecule has 0 amide bonds. The molecule has 0 aliphatic heterocycles. The smallest absolute Gasteiger partial charge is 0.145 e. The number of rotatable bonds is 4. The molecule has 5 heteroatoms. The summed E-state index contributed by atoms with van der Waals surface area (Å²) in [6.07, 6.45) is 1.65. The first-order valence-electron chi connectivity index (χ1n) is 5.43. The number of hydrogen-bond donors (Lipinski definition) is 2. The summed E-state index contributed by atoms with van der Waals surface area (Å²) in [6.45, 7) is 0. The number of nitrogens with two attached hydrogens (primary N) is 1. The van der Waals surface area contributed by atoms with Crippen molar-refractivity contribution < 1.29 is 9.47 Å². The lowest BCUT2D eigenvalue weighted by Crippen LogP contribution is -1.97. The molecule has 2 rings (SSSR count). The molecule has 0 saturated heterocycles. The molecule has 1 aromatic heterocycles. The Kier molecular flexibility index (Phi) is 3.52. The summed E-state index contributed by atoms with van der Waals surface area (Å²) in [5.74, 6) is 1.91. The number of methoxy groups -OCH3 is 2. The highest BCUT2D eigenvalue weighted by Gasteiger charge is 2.05. The van der Waals surface area contributed by atoms with Crippen LogP contribution < -0.4 is 20.5 Å². The summed E-state index contributed by atoms with van der Waals surface area (Å²) < 4.78 is 10.4. The Hall–Kier alpha value is -2.43. The van der Waals surface area contributed by atoms with Gasteiger partial charge in [0.1, 0.15) is 17.3 Å². The second-order valence-corrected chi connectivity index (χ2v) is 3.66. The van der Waals surface area contributed by atoms with Crippen LogP contribution in [-0.2, 0) is 0 Å². The molecule has 2 aromatic rings. The van der Waals surface area contributed by atoms with Crippen molar-refractivity contribution in [2.75, 3.05) is 25.3 Å². The molecule has 1 aromatic carbocycles. The van der Waals surface area contributed by atoms with Gasteiger partial charge in [0.2, 0.25) is 0 Å². The number of pyridine rings is 1. The van der Waals surface area contributed by atoms with E-state index in [-0.39, 0.29) is 0 Å². The van der Waals surface area contributed by atoms with Crippen molar-refractivity contribution in [2.45, 2.75) is 0 Å². The van der Waals surface area contributed by atoms with Crippen LogP contribution in [0.3, 0.4) is 0 Å². The van der Waals surface area contributed by atoms with Gasteiger partial charge in [-0.25, -0.2) is 4.98 Å². The van der Waals surface area contributed by atoms with Crippen LogP contribution in [0.5, 0.6) is 11.5 Å². The van der Waals surface area contributed by atoms with Crippen molar-refractivity contribution in [3.8, 4) is 11.5 Å². The van der Waals surface area contributed by atoms with E-state index in [9.17, 15) is 0 Å². The van der Waals surface area contributed by atoms with Crippen molar-refractivity contribution in [3.63, 3.8) is 0 Å². The number of ether oxygens (including phenoxy) is 2. The molecule has 94 valence electrons. The number of hydrogen-bond acceptors (Lipinski definition) is 5. The van der Waals surface area contributed by atoms with Gasteiger partial charge < -0.3 is 20.5 Å². The number of nitrogen functional groups attached to an aromatic ring is 1. The van der Waals surface area contributed by atoms with Gasteiger partial charge in [-0.3, -0.25) is 0 Å². The largest absolute Gasteiger partial charge is 0.497 e. The van der Waals surface area contributed by atoms with E-state index < -0.39 is 0 Å². The number of anilines is 3. The Morgan fingerprint density at radius 2 is 1.94 bits per heavy atom. The zero-order valence-corrected chi connectivity index (χ0v) is 10.3. The highest BCUT2D eigenvalue weighted by molar-refractivity contribution is 5.68. The quantitative estimate of drug-likeness (QED) is 0.865. The van der Waals surface area contributed by atoms with Crippen molar-refractivity contribution in [1.29, 1.82) is 0 Å². The van der Waals surface area contributed by atoms with Crippen LogP contribution in [-0.4, -0.2) is 19.2 Å². The summed E-state index contributed by atoms with van der Waals surface area (Å²) in [7, 11) is 3.23.